The minimum Gasteiger partial charge on any atom is -0.497 e. The number of benzene rings is 1. The summed E-state index contributed by atoms with van der Waals surface area (Å²) < 4.78 is 5.14. The fourth-order valence-electron chi connectivity index (χ4n) is 1.82. The van der Waals surface area contributed by atoms with Crippen LogP contribution in [0.1, 0.15) is 11.1 Å². The Kier molecular flexibility index (Phi) is 2.60. The van der Waals surface area contributed by atoms with Gasteiger partial charge in [-0.15, -0.1) is 0 Å². The number of methoxy groups -OCH3 is 1. The van der Waals surface area contributed by atoms with Crippen LogP contribution in [-0.4, -0.2) is 19.1 Å². The van der Waals surface area contributed by atoms with Gasteiger partial charge in [-0.1, -0.05) is 6.07 Å². The smallest absolute Gasteiger partial charge is 0.234 e. The Morgan fingerprint density at radius 3 is 3.00 bits per heavy atom. The van der Waals surface area contributed by atoms with Crippen molar-refractivity contribution in [1.82, 2.24) is 5.32 Å². The van der Waals surface area contributed by atoms with Gasteiger partial charge in [0.05, 0.1) is 13.2 Å². The van der Waals surface area contributed by atoms with Gasteiger partial charge < -0.3 is 15.8 Å². The van der Waals surface area contributed by atoms with Crippen LogP contribution in [0.2, 0.25) is 0 Å². The Bertz CT molecular complexity index is 390. The number of ether oxygens (including phenoxy) is 1. The van der Waals surface area contributed by atoms with Crippen LogP contribution in [0.15, 0.2) is 18.2 Å². The number of hydrogen-bond acceptors (Lipinski definition) is 3. The van der Waals surface area contributed by atoms with Gasteiger partial charge in [-0.05, 0) is 29.7 Å². The lowest BCUT2D eigenvalue weighted by Crippen LogP contribution is -2.45. The molecule has 0 saturated heterocycles. The lowest BCUT2D eigenvalue weighted by Gasteiger charge is -2.24. The highest BCUT2D eigenvalue weighted by Gasteiger charge is 2.22. The Morgan fingerprint density at radius 1 is 1.53 bits per heavy atom. The predicted molar refractivity (Wildman–Crippen MR) is 56.5 cm³/mol. The molecule has 0 fully saturated rings. The second-order valence-electron chi connectivity index (χ2n) is 3.67. The summed E-state index contributed by atoms with van der Waals surface area (Å²) in [5, 5.41) is 3.10. The first-order valence-corrected chi connectivity index (χ1v) is 4.89. The summed E-state index contributed by atoms with van der Waals surface area (Å²) in [6, 6.07) is 5.64. The number of carbonyl (C=O) groups excluding carboxylic acids is 1. The summed E-state index contributed by atoms with van der Waals surface area (Å²) in [5.41, 5.74) is 7.60. The standard InChI is InChI=1S/C11H14N2O2/c1-15-9-3-2-7-6-13-10(11(12)14)5-8(7)4-9/h2-4,10,13H,5-6H2,1H3,(H2,12,14)/t10-/m1/s1. The summed E-state index contributed by atoms with van der Waals surface area (Å²) in [6.45, 7) is 0.687. The molecule has 0 spiro atoms. The molecule has 1 aromatic rings. The van der Waals surface area contributed by atoms with Crippen LogP contribution in [0.4, 0.5) is 0 Å². The maximum atomic E-state index is 11.0. The molecule has 1 aliphatic heterocycles. The van der Waals surface area contributed by atoms with Gasteiger partial charge in [0.15, 0.2) is 0 Å². The predicted octanol–water partition coefficient (Wildman–Crippen LogP) is 0.195. The topological polar surface area (TPSA) is 64.3 Å². The molecule has 2 rings (SSSR count). The second kappa shape index (κ2) is 3.90. The van der Waals surface area contributed by atoms with E-state index in [0.717, 1.165) is 11.3 Å². The fourth-order valence-corrected chi connectivity index (χ4v) is 1.82. The number of nitrogens with two attached hydrogens (primary N) is 1. The summed E-state index contributed by atoms with van der Waals surface area (Å²) >= 11 is 0. The number of primary amides is 1. The van der Waals surface area contributed by atoms with E-state index in [9.17, 15) is 4.79 Å². The van der Waals surface area contributed by atoms with Crippen LogP contribution >= 0.6 is 0 Å². The van der Waals surface area contributed by atoms with Crippen molar-refractivity contribution in [2.24, 2.45) is 5.73 Å². The number of hydrogen-bond donors (Lipinski definition) is 2. The van der Waals surface area contributed by atoms with E-state index in [1.54, 1.807) is 7.11 Å². The minimum absolute atomic E-state index is 0.260. The highest BCUT2D eigenvalue weighted by molar-refractivity contribution is 5.80. The zero-order chi connectivity index (χ0) is 10.8. The molecule has 0 saturated carbocycles. The quantitative estimate of drug-likeness (QED) is 0.726. The monoisotopic (exact) mass is 206 g/mol. The number of nitrogens with one attached hydrogen (secondary N) is 1. The maximum Gasteiger partial charge on any atom is 0.234 e. The molecule has 0 aliphatic carbocycles. The lowest BCUT2D eigenvalue weighted by atomic mass is 9.95. The molecule has 0 bridgehead atoms. The molecule has 4 heteroatoms. The van der Waals surface area contributed by atoms with Gasteiger partial charge >= 0.3 is 0 Å². The average molecular weight is 206 g/mol. The van der Waals surface area contributed by atoms with E-state index >= 15 is 0 Å². The molecule has 1 aromatic carbocycles. The van der Waals surface area contributed by atoms with Gasteiger partial charge in [0.25, 0.3) is 0 Å². The van der Waals surface area contributed by atoms with Crippen LogP contribution < -0.4 is 15.8 Å². The van der Waals surface area contributed by atoms with Crippen molar-refractivity contribution in [2.45, 2.75) is 19.0 Å². The maximum absolute atomic E-state index is 11.0. The van der Waals surface area contributed by atoms with Crippen molar-refractivity contribution in [2.75, 3.05) is 7.11 Å². The summed E-state index contributed by atoms with van der Waals surface area (Å²) in [7, 11) is 1.63. The molecule has 4 nitrogen and oxygen atoms in total. The number of carbonyl (C=O) groups is 1. The Balaban J connectivity index is 2.27. The van der Waals surface area contributed by atoms with E-state index in [0.29, 0.717) is 13.0 Å². The van der Waals surface area contributed by atoms with Crippen LogP contribution in [0.25, 0.3) is 0 Å². The molecule has 1 aliphatic rings. The average Bonchev–Trinajstić information content (AvgIpc) is 2.27. The second-order valence-corrected chi connectivity index (χ2v) is 3.67. The van der Waals surface area contributed by atoms with E-state index in [-0.39, 0.29) is 11.9 Å². The number of fused-ring (bicyclic) bond motifs is 1. The Labute approximate surface area is 88.4 Å². The Hall–Kier alpha value is -1.55. The molecule has 15 heavy (non-hydrogen) atoms. The van der Waals surface area contributed by atoms with Crippen molar-refractivity contribution >= 4 is 5.91 Å². The van der Waals surface area contributed by atoms with Crippen LogP contribution in [0, 0.1) is 0 Å². The zero-order valence-corrected chi connectivity index (χ0v) is 8.62. The first-order chi connectivity index (χ1) is 7.20. The van der Waals surface area contributed by atoms with Gasteiger partial charge in [-0.25, -0.2) is 0 Å². The molecule has 0 unspecified atom stereocenters. The molecule has 0 aromatic heterocycles. The molecule has 0 radical (unpaired) electrons. The number of amides is 1. The van der Waals surface area contributed by atoms with Crippen LogP contribution in [0.3, 0.4) is 0 Å². The van der Waals surface area contributed by atoms with Gasteiger partial charge in [-0.2, -0.15) is 0 Å². The van der Waals surface area contributed by atoms with E-state index < -0.39 is 0 Å². The van der Waals surface area contributed by atoms with Gasteiger partial charge in [-0.3, -0.25) is 4.79 Å². The fraction of sp³-hybridized carbons (Fsp3) is 0.364. The molecule has 1 heterocycles. The van der Waals surface area contributed by atoms with Gasteiger partial charge in [0, 0.05) is 6.54 Å². The Morgan fingerprint density at radius 2 is 2.33 bits per heavy atom. The number of rotatable bonds is 2. The highest BCUT2D eigenvalue weighted by atomic mass is 16.5. The summed E-state index contributed by atoms with van der Waals surface area (Å²) in [4.78, 5) is 11.0. The first kappa shape index (κ1) is 9.98. The third-order valence-electron chi connectivity index (χ3n) is 2.72. The van der Waals surface area contributed by atoms with Gasteiger partial charge in [0.2, 0.25) is 5.91 Å². The van der Waals surface area contributed by atoms with Crippen molar-refractivity contribution in [3.8, 4) is 5.75 Å². The third kappa shape index (κ3) is 1.94. The lowest BCUT2D eigenvalue weighted by molar-refractivity contribution is -0.120. The zero-order valence-electron chi connectivity index (χ0n) is 8.62. The van der Waals surface area contributed by atoms with Crippen molar-refractivity contribution in [3.05, 3.63) is 29.3 Å². The first-order valence-electron chi connectivity index (χ1n) is 4.89. The third-order valence-corrected chi connectivity index (χ3v) is 2.72. The van der Waals surface area contributed by atoms with Crippen molar-refractivity contribution in [1.29, 1.82) is 0 Å². The van der Waals surface area contributed by atoms with E-state index in [1.165, 1.54) is 5.56 Å². The minimum atomic E-state index is -0.302. The van der Waals surface area contributed by atoms with E-state index in [2.05, 4.69) is 5.32 Å². The normalized spacial score (nSPS) is 19.4. The largest absolute Gasteiger partial charge is 0.497 e. The molecule has 1 atom stereocenters. The van der Waals surface area contributed by atoms with Crippen LogP contribution in [0.5, 0.6) is 5.75 Å². The van der Waals surface area contributed by atoms with E-state index in [1.807, 2.05) is 18.2 Å². The molecular formula is C11H14N2O2. The van der Waals surface area contributed by atoms with Crippen molar-refractivity contribution in [3.63, 3.8) is 0 Å². The van der Waals surface area contributed by atoms with Crippen LogP contribution in [-0.2, 0) is 17.8 Å². The SMILES string of the molecule is COc1ccc2c(c1)C[C@H](C(N)=O)NC2. The summed E-state index contributed by atoms with van der Waals surface area (Å²) in [5.74, 6) is 0.516. The summed E-state index contributed by atoms with van der Waals surface area (Å²) in [6.07, 6.45) is 0.641. The van der Waals surface area contributed by atoms with E-state index in [4.69, 9.17) is 10.5 Å². The van der Waals surface area contributed by atoms with Crippen molar-refractivity contribution < 1.29 is 9.53 Å². The molecular weight excluding hydrogens is 192 g/mol. The van der Waals surface area contributed by atoms with Gasteiger partial charge in [0.1, 0.15) is 5.75 Å². The highest BCUT2D eigenvalue weighted by Crippen LogP contribution is 2.22. The molecule has 80 valence electrons. The molecule has 3 N–H and O–H groups in total. The molecule has 1 amide bonds.